The van der Waals surface area contributed by atoms with Gasteiger partial charge in [0.2, 0.25) is 5.75 Å². The number of anilines is 2. The van der Waals surface area contributed by atoms with Crippen molar-refractivity contribution < 1.29 is 4.74 Å². The van der Waals surface area contributed by atoms with E-state index < -0.39 is 0 Å². The number of nitrogens with zero attached hydrogens (tertiary/aromatic N) is 3. The van der Waals surface area contributed by atoms with Gasteiger partial charge in [-0.3, -0.25) is 0 Å². The van der Waals surface area contributed by atoms with Crippen LogP contribution in [-0.4, -0.2) is 35.7 Å². The average molecular weight is 262 g/mol. The van der Waals surface area contributed by atoms with E-state index in [2.05, 4.69) is 34.0 Å². The monoisotopic (exact) mass is 262 g/mol. The largest absolute Gasteiger partial charge is 0.486 e. The molecule has 0 spiro atoms. The molecule has 0 amide bonds. The summed E-state index contributed by atoms with van der Waals surface area (Å²) in [5.74, 6) is 3.22. The molecule has 1 unspecified atom stereocenters. The van der Waals surface area contributed by atoms with Gasteiger partial charge in [-0.15, -0.1) is 0 Å². The molecule has 0 saturated carbocycles. The molecule has 0 radical (unpaired) electrons. The van der Waals surface area contributed by atoms with Crippen molar-refractivity contribution in [1.29, 1.82) is 0 Å². The third-order valence-electron chi connectivity index (χ3n) is 3.99. The van der Waals surface area contributed by atoms with Crippen LogP contribution in [0.4, 0.5) is 11.6 Å². The number of hydrogen-bond acceptors (Lipinski definition) is 5. The predicted octanol–water partition coefficient (Wildman–Crippen LogP) is 2.30. The van der Waals surface area contributed by atoms with Crippen LogP contribution in [0.25, 0.3) is 0 Å². The summed E-state index contributed by atoms with van der Waals surface area (Å²) >= 11 is 0. The van der Waals surface area contributed by atoms with Crippen molar-refractivity contribution in [3.05, 3.63) is 6.33 Å². The summed E-state index contributed by atoms with van der Waals surface area (Å²) in [7, 11) is 0. The van der Waals surface area contributed by atoms with Gasteiger partial charge >= 0.3 is 0 Å². The third kappa shape index (κ3) is 2.46. The lowest BCUT2D eigenvalue weighted by Gasteiger charge is -2.21. The summed E-state index contributed by atoms with van der Waals surface area (Å²) in [5.41, 5.74) is 0. The van der Waals surface area contributed by atoms with Gasteiger partial charge in [0.05, 0.1) is 6.61 Å². The maximum atomic E-state index is 5.94. The SMILES string of the molecule is CC(C)C1CCOc2c(ncnc2N2CCCC2)N1. The Bertz CT molecular complexity index is 443. The molecule has 2 aliphatic heterocycles. The van der Waals surface area contributed by atoms with Crippen LogP contribution in [0, 0.1) is 5.92 Å². The van der Waals surface area contributed by atoms with Crippen molar-refractivity contribution in [3.8, 4) is 5.75 Å². The fraction of sp³-hybridized carbons (Fsp3) is 0.714. The van der Waals surface area contributed by atoms with Crippen LogP contribution in [0.5, 0.6) is 5.75 Å². The first-order valence-corrected chi connectivity index (χ1v) is 7.25. The molecule has 0 bridgehead atoms. The Balaban J connectivity index is 1.91. The lowest BCUT2D eigenvalue weighted by Crippen LogP contribution is -2.26. The van der Waals surface area contributed by atoms with E-state index in [4.69, 9.17) is 4.74 Å². The number of fused-ring (bicyclic) bond motifs is 1. The molecule has 19 heavy (non-hydrogen) atoms. The number of ether oxygens (including phenoxy) is 1. The average Bonchev–Trinajstić information content (AvgIpc) is 2.83. The van der Waals surface area contributed by atoms with Crippen LogP contribution in [0.1, 0.15) is 33.1 Å². The van der Waals surface area contributed by atoms with E-state index in [0.29, 0.717) is 12.0 Å². The van der Waals surface area contributed by atoms with Gasteiger partial charge < -0.3 is 15.0 Å². The summed E-state index contributed by atoms with van der Waals surface area (Å²) in [5, 5.41) is 3.52. The minimum atomic E-state index is 0.419. The van der Waals surface area contributed by atoms with Crippen LogP contribution >= 0.6 is 0 Å². The van der Waals surface area contributed by atoms with Crippen LogP contribution in [0.2, 0.25) is 0 Å². The molecule has 3 rings (SSSR count). The second-order valence-corrected chi connectivity index (χ2v) is 5.70. The van der Waals surface area contributed by atoms with E-state index in [9.17, 15) is 0 Å². The number of nitrogens with one attached hydrogen (secondary N) is 1. The molecule has 2 aliphatic rings. The molecular weight excluding hydrogens is 240 g/mol. The van der Waals surface area contributed by atoms with E-state index in [0.717, 1.165) is 43.5 Å². The summed E-state index contributed by atoms with van der Waals surface area (Å²) < 4.78 is 5.94. The Morgan fingerprint density at radius 3 is 2.84 bits per heavy atom. The quantitative estimate of drug-likeness (QED) is 0.886. The zero-order valence-corrected chi connectivity index (χ0v) is 11.7. The van der Waals surface area contributed by atoms with Crippen molar-refractivity contribution in [2.75, 3.05) is 29.9 Å². The second kappa shape index (κ2) is 5.23. The van der Waals surface area contributed by atoms with E-state index in [-0.39, 0.29) is 0 Å². The molecule has 3 heterocycles. The molecule has 1 aromatic rings. The smallest absolute Gasteiger partial charge is 0.204 e. The highest BCUT2D eigenvalue weighted by Gasteiger charge is 2.26. The molecule has 0 aromatic carbocycles. The van der Waals surface area contributed by atoms with Crippen molar-refractivity contribution in [2.45, 2.75) is 39.2 Å². The fourth-order valence-electron chi connectivity index (χ4n) is 2.79. The summed E-state index contributed by atoms with van der Waals surface area (Å²) in [6.07, 6.45) is 5.13. The Kier molecular flexibility index (Phi) is 3.44. The minimum absolute atomic E-state index is 0.419. The van der Waals surface area contributed by atoms with E-state index in [1.807, 2.05) is 0 Å². The highest BCUT2D eigenvalue weighted by atomic mass is 16.5. The first-order chi connectivity index (χ1) is 9.25. The van der Waals surface area contributed by atoms with Gasteiger partial charge in [-0.05, 0) is 18.8 Å². The van der Waals surface area contributed by atoms with Gasteiger partial charge in [-0.25, -0.2) is 9.97 Å². The molecule has 1 atom stereocenters. The molecule has 1 saturated heterocycles. The molecule has 1 aromatic heterocycles. The number of rotatable bonds is 2. The van der Waals surface area contributed by atoms with Crippen molar-refractivity contribution in [3.63, 3.8) is 0 Å². The zero-order valence-electron chi connectivity index (χ0n) is 11.7. The lowest BCUT2D eigenvalue weighted by molar-refractivity contribution is 0.300. The number of aromatic nitrogens is 2. The molecular formula is C14H22N4O. The topological polar surface area (TPSA) is 50.3 Å². The van der Waals surface area contributed by atoms with Crippen LogP contribution in [0.15, 0.2) is 6.33 Å². The molecule has 1 N–H and O–H groups in total. The summed E-state index contributed by atoms with van der Waals surface area (Å²) in [6.45, 7) is 7.33. The van der Waals surface area contributed by atoms with Crippen molar-refractivity contribution >= 4 is 11.6 Å². The Labute approximate surface area is 114 Å². The Hall–Kier alpha value is -1.52. The standard InChI is InChI=1S/C14H22N4O/c1-10(2)11-5-8-19-12-13(17-11)15-9-16-14(12)18-6-3-4-7-18/h9-11H,3-8H2,1-2H3,(H,15,16,17). The Morgan fingerprint density at radius 2 is 2.11 bits per heavy atom. The molecule has 104 valence electrons. The molecule has 5 heteroatoms. The minimum Gasteiger partial charge on any atom is -0.486 e. The molecule has 1 fully saturated rings. The highest BCUT2D eigenvalue weighted by Crippen LogP contribution is 2.36. The van der Waals surface area contributed by atoms with Gasteiger partial charge in [0.1, 0.15) is 6.33 Å². The fourth-order valence-corrected chi connectivity index (χ4v) is 2.79. The van der Waals surface area contributed by atoms with Gasteiger partial charge in [0, 0.05) is 25.6 Å². The highest BCUT2D eigenvalue weighted by molar-refractivity contribution is 5.65. The number of hydrogen-bond donors (Lipinski definition) is 1. The first kappa shape index (κ1) is 12.5. The van der Waals surface area contributed by atoms with Crippen molar-refractivity contribution in [1.82, 2.24) is 9.97 Å². The van der Waals surface area contributed by atoms with Crippen LogP contribution in [0.3, 0.4) is 0 Å². The van der Waals surface area contributed by atoms with Gasteiger partial charge in [0.15, 0.2) is 11.6 Å². The first-order valence-electron chi connectivity index (χ1n) is 7.25. The second-order valence-electron chi connectivity index (χ2n) is 5.70. The van der Waals surface area contributed by atoms with E-state index >= 15 is 0 Å². The van der Waals surface area contributed by atoms with Crippen LogP contribution in [-0.2, 0) is 0 Å². The predicted molar refractivity (Wildman–Crippen MR) is 75.8 cm³/mol. The third-order valence-corrected chi connectivity index (χ3v) is 3.99. The van der Waals surface area contributed by atoms with E-state index in [1.165, 1.54) is 12.8 Å². The zero-order chi connectivity index (χ0) is 13.2. The van der Waals surface area contributed by atoms with E-state index in [1.54, 1.807) is 6.33 Å². The normalized spacial score (nSPS) is 22.7. The molecule has 5 nitrogen and oxygen atoms in total. The van der Waals surface area contributed by atoms with Gasteiger partial charge in [-0.2, -0.15) is 0 Å². The summed E-state index contributed by atoms with van der Waals surface area (Å²) in [6, 6.07) is 0.419. The van der Waals surface area contributed by atoms with Crippen molar-refractivity contribution in [2.24, 2.45) is 5.92 Å². The van der Waals surface area contributed by atoms with Gasteiger partial charge in [-0.1, -0.05) is 13.8 Å². The van der Waals surface area contributed by atoms with Gasteiger partial charge in [0.25, 0.3) is 0 Å². The van der Waals surface area contributed by atoms with Crippen LogP contribution < -0.4 is 15.0 Å². The Morgan fingerprint density at radius 1 is 1.32 bits per heavy atom. The molecule has 0 aliphatic carbocycles. The maximum Gasteiger partial charge on any atom is 0.204 e. The summed E-state index contributed by atoms with van der Waals surface area (Å²) in [4.78, 5) is 11.1. The maximum absolute atomic E-state index is 5.94. The lowest BCUT2D eigenvalue weighted by atomic mass is 10.0.